The molecule has 0 N–H and O–H groups in total. The molecule has 3 aromatic rings. The molecule has 0 unspecified atom stereocenters. The average molecular weight is 444 g/mol. The van der Waals surface area contributed by atoms with Crippen LogP contribution in [-0.4, -0.2) is 23.7 Å². The highest BCUT2D eigenvalue weighted by Gasteiger charge is 2.17. The van der Waals surface area contributed by atoms with Crippen molar-refractivity contribution in [2.45, 2.75) is 26.2 Å². The second kappa shape index (κ2) is 9.72. The van der Waals surface area contributed by atoms with Gasteiger partial charge in [0.2, 0.25) is 17.8 Å². The van der Waals surface area contributed by atoms with E-state index in [1.54, 1.807) is 6.92 Å². The monoisotopic (exact) mass is 444 g/mol. The van der Waals surface area contributed by atoms with Crippen molar-refractivity contribution in [2.75, 3.05) is 11.9 Å². The van der Waals surface area contributed by atoms with E-state index < -0.39 is 29.3 Å². The van der Waals surface area contributed by atoms with Gasteiger partial charge in [-0.1, -0.05) is 25.1 Å². The smallest absolute Gasteiger partial charge is 0.226 e. The zero-order chi connectivity index (χ0) is 23.4. The van der Waals surface area contributed by atoms with E-state index in [1.807, 2.05) is 0 Å². The fraction of sp³-hybridized carbons (Fsp3) is 0.208. The molecule has 1 heterocycles. The summed E-state index contributed by atoms with van der Waals surface area (Å²) in [6, 6.07) is 10.0. The van der Waals surface area contributed by atoms with Crippen LogP contribution in [0.25, 0.3) is 11.1 Å². The quantitative estimate of drug-likeness (QED) is 0.275. The fourth-order valence-corrected chi connectivity index (χ4v) is 3.26. The van der Waals surface area contributed by atoms with Crippen LogP contribution < -0.4 is 4.90 Å². The Morgan fingerprint density at radius 1 is 0.938 bits per heavy atom. The third-order valence-electron chi connectivity index (χ3n) is 5.10. The van der Waals surface area contributed by atoms with Crippen LogP contribution in [-0.2, 0) is 11.2 Å². The Kier molecular flexibility index (Phi) is 7.02. The Hall–Kier alpha value is -3.55. The van der Waals surface area contributed by atoms with Crippen molar-refractivity contribution in [1.29, 1.82) is 0 Å². The maximum Gasteiger partial charge on any atom is 0.226 e. The molecule has 0 aliphatic rings. The number of hydrogen-bond acceptors (Lipinski definition) is 3. The molecule has 166 valence electrons. The second-order valence-electron chi connectivity index (χ2n) is 7.17. The zero-order valence-corrected chi connectivity index (χ0v) is 17.5. The number of hydrogen-bond donors (Lipinski definition) is 0. The maximum atomic E-state index is 14.7. The van der Waals surface area contributed by atoms with Gasteiger partial charge in [0.15, 0.2) is 5.78 Å². The van der Waals surface area contributed by atoms with Gasteiger partial charge in [-0.25, -0.2) is 8.78 Å². The Balaban J connectivity index is 1.76. The van der Waals surface area contributed by atoms with Crippen LogP contribution in [0.4, 0.5) is 23.2 Å². The van der Waals surface area contributed by atoms with Gasteiger partial charge in [-0.05, 0) is 42.3 Å². The van der Waals surface area contributed by atoms with Gasteiger partial charge in [-0.3, -0.25) is 9.59 Å². The number of rotatable bonds is 7. The molecule has 8 heteroatoms. The highest BCUT2D eigenvalue weighted by molar-refractivity contribution is 5.97. The van der Waals surface area contributed by atoms with Crippen LogP contribution in [0.3, 0.4) is 0 Å². The average Bonchev–Trinajstić information content (AvgIpc) is 2.77. The molecule has 0 saturated heterocycles. The third-order valence-corrected chi connectivity index (χ3v) is 5.10. The fourth-order valence-electron chi connectivity index (χ4n) is 3.26. The number of carbonyl (C=O) groups excluding carboxylic acids is 2. The second-order valence-corrected chi connectivity index (χ2v) is 7.17. The number of anilines is 1. The van der Waals surface area contributed by atoms with Crippen molar-refractivity contribution in [2.24, 2.45) is 0 Å². The molecule has 0 radical (unpaired) electrons. The van der Waals surface area contributed by atoms with Gasteiger partial charge in [0, 0.05) is 36.6 Å². The van der Waals surface area contributed by atoms with Crippen molar-refractivity contribution >= 4 is 17.4 Å². The third kappa shape index (κ3) is 5.01. The van der Waals surface area contributed by atoms with Crippen molar-refractivity contribution in [3.63, 3.8) is 0 Å². The van der Waals surface area contributed by atoms with Crippen LogP contribution in [0.2, 0.25) is 0 Å². The molecule has 1 amide bonds. The summed E-state index contributed by atoms with van der Waals surface area (Å²) in [5, 5.41) is 0. The Labute approximate surface area is 182 Å². The van der Waals surface area contributed by atoms with Gasteiger partial charge < -0.3 is 4.90 Å². The van der Waals surface area contributed by atoms with E-state index in [0.29, 0.717) is 0 Å². The van der Waals surface area contributed by atoms with Gasteiger partial charge in [0.1, 0.15) is 11.6 Å². The normalized spacial score (nSPS) is 10.8. The lowest BCUT2D eigenvalue weighted by Crippen LogP contribution is -2.25. The summed E-state index contributed by atoms with van der Waals surface area (Å²) in [5.41, 5.74) is 0.575. The van der Waals surface area contributed by atoms with E-state index in [-0.39, 0.29) is 53.1 Å². The Morgan fingerprint density at radius 3 is 2.31 bits per heavy atom. The molecule has 0 aliphatic carbocycles. The van der Waals surface area contributed by atoms with Crippen molar-refractivity contribution in [3.05, 3.63) is 83.2 Å². The van der Waals surface area contributed by atoms with Gasteiger partial charge in [-0.2, -0.15) is 13.8 Å². The summed E-state index contributed by atoms with van der Waals surface area (Å²) in [7, 11) is 1.46. The van der Waals surface area contributed by atoms with Crippen LogP contribution in [0.1, 0.15) is 35.7 Å². The van der Waals surface area contributed by atoms with Crippen molar-refractivity contribution in [1.82, 2.24) is 4.98 Å². The molecular weight excluding hydrogens is 424 g/mol. The molecule has 0 aliphatic heterocycles. The van der Waals surface area contributed by atoms with E-state index >= 15 is 0 Å². The Bertz CT molecular complexity index is 1180. The number of halogens is 4. The lowest BCUT2D eigenvalue weighted by molar-refractivity contribution is -0.118. The number of amides is 1. The topological polar surface area (TPSA) is 50.3 Å². The summed E-state index contributed by atoms with van der Waals surface area (Å²) < 4.78 is 55.7. The van der Waals surface area contributed by atoms with Gasteiger partial charge >= 0.3 is 0 Å². The van der Waals surface area contributed by atoms with Crippen molar-refractivity contribution < 1.29 is 27.2 Å². The number of nitrogens with zero attached hydrogens (tertiary/aromatic N) is 2. The molecule has 4 nitrogen and oxygen atoms in total. The van der Waals surface area contributed by atoms with Gasteiger partial charge in [-0.15, -0.1) is 0 Å². The Morgan fingerprint density at radius 2 is 1.69 bits per heavy atom. The number of aromatic nitrogens is 1. The summed E-state index contributed by atoms with van der Waals surface area (Å²) in [6.07, 6.45) is 0.0776. The van der Waals surface area contributed by atoms with Crippen LogP contribution in [0.5, 0.6) is 0 Å². The van der Waals surface area contributed by atoms with Crippen molar-refractivity contribution in [3.8, 4) is 11.1 Å². The predicted octanol–water partition coefficient (Wildman–Crippen LogP) is 5.49. The minimum atomic E-state index is -0.990. The van der Waals surface area contributed by atoms with Crippen LogP contribution in [0, 0.1) is 23.5 Å². The summed E-state index contributed by atoms with van der Waals surface area (Å²) in [4.78, 5) is 28.4. The van der Waals surface area contributed by atoms with E-state index in [9.17, 15) is 27.2 Å². The minimum absolute atomic E-state index is 0.0159. The molecular formula is C24H20F4N2O2. The first-order valence-corrected chi connectivity index (χ1v) is 9.91. The first-order valence-electron chi connectivity index (χ1n) is 9.91. The zero-order valence-electron chi connectivity index (χ0n) is 17.5. The van der Waals surface area contributed by atoms with E-state index in [4.69, 9.17) is 0 Å². The summed E-state index contributed by atoms with van der Waals surface area (Å²) in [6.45, 7) is 1.66. The first-order chi connectivity index (χ1) is 15.2. The predicted molar refractivity (Wildman–Crippen MR) is 112 cm³/mol. The summed E-state index contributed by atoms with van der Waals surface area (Å²) >= 11 is 0. The van der Waals surface area contributed by atoms with E-state index in [1.165, 1.54) is 42.3 Å². The number of aryl methyl sites for hydroxylation is 1. The molecule has 3 rings (SSSR count). The van der Waals surface area contributed by atoms with Crippen LogP contribution in [0.15, 0.2) is 48.5 Å². The van der Waals surface area contributed by atoms with E-state index in [2.05, 4.69) is 4.98 Å². The highest BCUT2D eigenvalue weighted by atomic mass is 19.1. The maximum absolute atomic E-state index is 14.7. The number of Topliss-reactive ketones (excluding diaryl/α,β-unsaturated/α-hetero) is 1. The number of pyridine rings is 1. The van der Waals surface area contributed by atoms with Gasteiger partial charge in [0.05, 0.1) is 5.69 Å². The molecule has 2 aromatic carbocycles. The number of ketones is 1. The van der Waals surface area contributed by atoms with Gasteiger partial charge in [0.25, 0.3) is 0 Å². The molecule has 0 saturated carbocycles. The molecule has 1 aromatic heterocycles. The molecule has 0 fully saturated rings. The van der Waals surface area contributed by atoms with Crippen LogP contribution >= 0.6 is 0 Å². The minimum Gasteiger partial charge on any atom is -0.313 e. The largest absolute Gasteiger partial charge is 0.313 e. The SMILES string of the molecule is CCC(=O)N(C)c1ccc(-c2ccc(C(=O)CCc3ccc(F)nc3F)cc2F)cc1F. The van der Waals surface area contributed by atoms with E-state index in [0.717, 1.165) is 18.2 Å². The standard InChI is InChI=1S/C24H20F4N2O2/c1-3-23(32)30(2)20-9-5-15(12-19(20)26)17-8-4-16(13-18(17)25)21(31)10-6-14-7-11-22(27)29-24(14)28/h4-5,7-9,11-13H,3,6,10H2,1-2H3. The summed E-state index contributed by atoms with van der Waals surface area (Å²) in [5.74, 6) is -4.04. The number of benzene rings is 2. The lowest BCUT2D eigenvalue weighted by atomic mass is 9.98. The lowest BCUT2D eigenvalue weighted by Gasteiger charge is -2.18. The highest BCUT2D eigenvalue weighted by Crippen LogP contribution is 2.29. The molecule has 32 heavy (non-hydrogen) atoms. The number of carbonyl (C=O) groups is 2. The molecule has 0 bridgehead atoms. The first kappa shape index (κ1) is 23.1. The molecule has 0 atom stereocenters. The molecule has 0 spiro atoms.